The number of hydrogen-bond donors (Lipinski definition) is 0. The quantitative estimate of drug-likeness (QED) is 0.714. The second-order valence-electron chi connectivity index (χ2n) is 5.67. The Morgan fingerprint density at radius 1 is 0.947 bits per heavy atom. The molecule has 2 heteroatoms. The number of halogens is 1. The lowest BCUT2D eigenvalue weighted by atomic mass is 9.85. The summed E-state index contributed by atoms with van der Waals surface area (Å²) in [6.45, 7) is 6.45. The van der Waals surface area contributed by atoms with Gasteiger partial charge in [-0.2, -0.15) is 0 Å². The Morgan fingerprint density at radius 2 is 1.58 bits per heavy atom. The predicted octanol–water partition coefficient (Wildman–Crippen LogP) is 4.98. The van der Waals surface area contributed by atoms with Crippen molar-refractivity contribution in [3.05, 3.63) is 69.7 Å². The highest BCUT2D eigenvalue weighted by molar-refractivity contribution is 9.10. The highest BCUT2D eigenvalue weighted by Crippen LogP contribution is 2.24. The summed E-state index contributed by atoms with van der Waals surface area (Å²) in [7, 11) is 0. The zero-order chi connectivity index (χ0) is 14.0. The Labute approximate surface area is 122 Å². The van der Waals surface area contributed by atoms with E-state index in [0.29, 0.717) is 5.56 Å². The van der Waals surface area contributed by atoms with Crippen molar-refractivity contribution in [3.63, 3.8) is 0 Å². The molecule has 0 unspecified atom stereocenters. The average Bonchev–Trinajstić information content (AvgIpc) is 2.38. The monoisotopic (exact) mass is 316 g/mol. The molecule has 2 aromatic rings. The Morgan fingerprint density at radius 3 is 2.16 bits per heavy atom. The maximum absolute atomic E-state index is 12.4. The van der Waals surface area contributed by atoms with E-state index in [2.05, 4.69) is 42.8 Å². The van der Waals surface area contributed by atoms with Crippen LogP contribution in [0.5, 0.6) is 0 Å². The van der Waals surface area contributed by atoms with Crippen LogP contribution < -0.4 is 0 Å². The number of hydrogen-bond acceptors (Lipinski definition) is 1. The van der Waals surface area contributed by atoms with Crippen molar-refractivity contribution in [1.82, 2.24) is 0 Å². The van der Waals surface area contributed by atoms with E-state index in [9.17, 15) is 4.79 Å². The molecule has 0 saturated carbocycles. The van der Waals surface area contributed by atoms with Gasteiger partial charge in [-0.1, -0.05) is 54.9 Å². The van der Waals surface area contributed by atoms with Gasteiger partial charge in [-0.3, -0.25) is 4.79 Å². The van der Waals surface area contributed by atoms with Gasteiger partial charge in [0.15, 0.2) is 5.78 Å². The molecule has 0 aliphatic heterocycles. The summed E-state index contributed by atoms with van der Waals surface area (Å²) < 4.78 is 0.979. The first-order valence-corrected chi connectivity index (χ1v) is 7.08. The van der Waals surface area contributed by atoms with E-state index in [1.54, 1.807) is 0 Å². The molecule has 0 spiro atoms. The van der Waals surface area contributed by atoms with Crippen LogP contribution in [-0.2, 0) is 5.41 Å². The van der Waals surface area contributed by atoms with Gasteiger partial charge in [0.2, 0.25) is 0 Å². The average molecular weight is 317 g/mol. The highest BCUT2D eigenvalue weighted by Gasteiger charge is 2.16. The minimum atomic E-state index is 0.0516. The predicted molar refractivity (Wildman–Crippen MR) is 82.7 cm³/mol. The molecule has 0 aliphatic rings. The number of carbonyl (C=O) groups is 1. The molecule has 0 aliphatic carbocycles. The first-order valence-electron chi connectivity index (χ1n) is 6.29. The first-order chi connectivity index (χ1) is 8.88. The van der Waals surface area contributed by atoms with Gasteiger partial charge in [-0.15, -0.1) is 0 Å². The maximum Gasteiger partial charge on any atom is 0.193 e. The smallest absolute Gasteiger partial charge is 0.193 e. The fourth-order valence-corrected chi connectivity index (χ4v) is 2.16. The molecule has 98 valence electrons. The summed E-state index contributed by atoms with van der Waals surface area (Å²) in [5, 5.41) is 0. The third-order valence-corrected chi connectivity index (χ3v) is 3.63. The van der Waals surface area contributed by atoms with Crippen LogP contribution >= 0.6 is 15.9 Å². The molecule has 19 heavy (non-hydrogen) atoms. The molecule has 0 fully saturated rings. The fraction of sp³-hybridized carbons (Fsp3) is 0.235. The van der Waals surface area contributed by atoms with Crippen LogP contribution in [0.2, 0.25) is 0 Å². The Kier molecular flexibility index (Phi) is 3.91. The van der Waals surface area contributed by atoms with Crippen LogP contribution in [0.3, 0.4) is 0 Å². The molecule has 2 rings (SSSR count). The summed E-state index contributed by atoms with van der Waals surface area (Å²) in [5.41, 5.74) is 2.69. The largest absolute Gasteiger partial charge is 0.289 e. The van der Waals surface area contributed by atoms with Crippen LogP contribution in [0, 0.1) is 0 Å². The summed E-state index contributed by atoms with van der Waals surface area (Å²) in [6.07, 6.45) is 0. The zero-order valence-electron chi connectivity index (χ0n) is 11.4. The molecule has 0 radical (unpaired) electrons. The van der Waals surface area contributed by atoms with Crippen LogP contribution in [-0.4, -0.2) is 5.78 Å². The van der Waals surface area contributed by atoms with Crippen molar-refractivity contribution in [2.24, 2.45) is 0 Å². The van der Waals surface area contributed by atoms with Crippen molar-refractivity contribution in [1.29, 1.82) is 0 Å². The van der Waals surface area contributed by atoms with E-state index < -0.39 is 0 Å². The number of benzene rings is 2. The van der Waals surface area contributed by atoms with Crippen molar-refractivity contribution in [2.75, 3.05) is 0 Å². The molecule has 0 saturated heterocycles. The second kappa shape index (κ2) is 5.30. The minimum absolute atomic E-state index is 0.0516. The molecule has 0 atom stereocenters. The van der Waals surface area contributed by atoms with Crippen LogP contribution in [0.15, 0.2) is 53.0 Å². The van der Waals surface area contributed by atoms with Gasteiger partial charge in [0.1, 0.15) is 0 Å². The second-order valence-corrected chi connectivity index (χ2v) is 6.58. The van der Waals surface area contributed by atoms with Crippen molar-refractivity contribution >= 4 is 21.7 Å². The summed E-state index contributed by atoms with van der Waals surface area (Å²) in [5.74, 6) is 0.0681. The molecule has 0 aromatic heterocycles. The summed E-state index contributed by atoms with van der Waals surface area (Å²) in [4.78, 5) is 12.4. The van der Waals surface area contributed by atoms with Gasteiger partial charge in [0.05, 0.1) is 0 Å². The Hall–Kier alpha value is -1.41. The van der Waals surface area contributed by atoms with Gasteiger partial charge in [0, 0.05) is 15.6 Å². The molecule has 1 nitrogen and oxygen atoms in total. The highest BCUT2D eigenvalue weighted by atomic mass is 79.9. The van der Waals surface area contributed by atoms with Crippen molar-refractivity contribution < 1.29 is 4.79 Å². The minimum Gasteiger partial charge on any atom is -0.289 e. The lowest BCUT2D eigenvalue weighted by molar-refractivity contribution is 0.103. The van der Waals surface area contributed by atoms with E-state index >= 15 is 0 Å². The van der Waals surface area contributed by atoms with Crippen molar-refractivity contribution in [3.8, 4) is 0 Å². The zero-order valence-corrected chi connectivity index (χ0v) is 13.0. The molecule has 2 aromatic carbocycles. The normalized spacial score (nSPS) is 11.4. The van der Waals surface area contributed by atoms with Gasteiger partial charge in [-0.25, -0.2) is 0 Å². The van der Waals surface area contributed by atoms with Gasteiger partial charge >= 0.3 is 0 Å². The van der Waals surface area contributed by atoms with Gasteiger partial charge in [0.25, 0.3) is 0 Å². The number of ketones is 1. The maximum atomic E-state index is 12.4. The third-order valence-electron chi connectivity index (χ3n) is 3.10. The Balaban J connectivity index is 2.37. The van der Waals surface area contributed by atoms with E-state index in [0.717, 1.165) is 10.0 Å². The van der Waals surface area contributed by atoms with E-state index in [4.69, 9.17) is 0 Å². The van der Waals surface area contributed by atoms with E-state index in [1.807, 2.05) is 42.5 Å². The first kappa shape index (κ1) is 14.0. The molecule has 0 bridgehead atoms. The standard InChI is InChI=1S/C17H17BrO/c1-17(2,3)14-6-4-5-13(11-14)16(19)12-7-9-15(18)10-8-12/h4-11H,1-3H3. The fourth-order valence-electron chi connectivity index (χ4n) is 1.89. The van der Waals surface area contributed by atoms with Gasteiger partial charge in [-0.05, 0) is 41.3 Å². The Bertz CT molecular complexity index is 591. The molecular formula is C17H17BrO. The summed E-state index contributed by atoms with van der Waals surface area (Å²) >= 11 is 3.38. The SMILES string of the molecule is CC(C)(C)c1cccc(C(=O)c2ccc(Br)cc2)c1. The van der Waals surface area contributed by atoms with E-state index in [-0.39, 0.29) is 11.2 Å². The van der Waals surface area contributed by atoms with Crippen molar-refractivity contribution in [2.45, 2.75) is 26.2 Å². The lowest BCUT2D eigenvalue weighted by Crippen LogP contribution is -2.12. The van der Waals surface area contributed by atoms with Crippen LogP contribution in [0.4, 0.5) is 0 Å². The lowest BCUT2D eigenvalue weighted by Gasteiger charge is -2.19. The number of rotatable bonds is 2. The summed E-state index contributed by atoms with van der Waals surface area (Å²) in [6, 6.07) is 15.4. The molecule has 0 amide bonds. The van der Waals surface area contributed by atoms with E-state index in [1.165, 1.54) is 5.56 Å². The van der Waals surface area contributed by atoms with Crippen LogP contribution in [0.25, 0.3) is 0 Å². The molecule has 0 heterocycles. The molecular weight excluding hydrogens is 300 g/mol. The number of carbonyl (C=O) groups excluding carboxylic acids is 1. The topological polar surface area (TPSA) is 17.1 Å². The van der Waals surface area contributed by atoms with Gasteiger partial charge < -0.3 is 0 Å². The third kappa shape index (κ3) is 3.32. The molecule has 0 N–H and O–H groups in total. The van der Waals surface area contributed by atoms with Crippen LogP contribution in [0.1, 0.15) is 42.3 Å².